The third kappa shape index (κ3) is 3.97. The quantitative estimate of drug-likeness (QED) is 0.371. The van der Waals surface area contributed by atoms with Crippen LogP contribution in [0.3, 0.4) is 0 Å². The molecule has 0 spiro atoms. The first kappa shape index (κ1) is 12.5. The Morgan fingerprint density at radius 2 is 1.57 bits per heavy atom. The molecule has 0 amide bonds. The van der Waals surface area contributed by atoms with Gasteiger partial charge in [-0.15, -0.1) is 0 Å². The molecule has 0 radical (unpaired) electrons. The molecule has 0 atom stereocenters. The zero-order chi connectivity index (χ0) is 11.0. The first-order valence-electron chi connectivity index (χ1n) is 4.29. The van der Waals surface area contributed by atoms with Gasteiger partial charge in [-0.3, -0.25) is 0 Å². The molecule has 0 aromatic heterocycles. The molecular formula is C8H14N2O4. The SMILES string of the molecule is CCOC(=O)C(N=NC)C(=O)OCC. The summed E-state index contributed by atoms with van der Waals surface area (Å²) < 4.78 is 9.26. The fraction of sp³-hybridized carbons (Fsp3) is 0.750. The lowest BCUT2D eigenvalue weighted by molar-refractivity contribution is -0.156. The van der Waals surface area contributed by atoms with Gasteiger partial charge in [0.05, 0.1) is 13.2 Å². The fourth-order valence-corrected chi connectivity index (χ4v) is 0.748. The molecule has 0 N–H and O–H groups in total. The van der Waals surface area contributed by atoms with E-state index in [0.29, 0.717) is 0 Å². The smallest absolute Gasteiger partial charge is 0.344 e. The van der Waals surface area contributed by atoms with Gasteiger partial charge in [0.1, 0.15) is 0 Å². The number of carbonyl (C=O) groups is 2. The molecule has 6 nitrogen and oxygen atoms in total. The fourth-order valence-electron chi connectivity index (χ4n) is 0.748. The predicted octanol–water partition coefficient (Wildman–Crippen LogP) is 0.563. The van der Waals surface area contributed by atoms with Crippen molar-refractivity contribution in [1.29, 1.82) is 0 Å². The summed E-state index contributed by atoms with van der Waals surface area (Å²) in [7, 11) is 1.37. The van der Waals surface area contributed by atoms with Crippen LogP contribution < -0.4 is 0 Å². The number of nitrogens with zero attached hydrogens (tertiary/aromatic N) is 2. The third-order valence-corrected chi connectivity index (χ3v) is 1.25. The van der Waals surface area contributed by atoms with Crippen LogP contribution in [0.2, 0.25) is 0 Å². The Bertz CT molecular complexity index is 209. The normalized spacial score (nSPS) is 10.6. The zero-order valence-corrected chi connectivity index (χ0v) is 8.52. The standard InChI is InChI=1S/C8H14N2O4/c1-4-13-7(11)6(10-9-3)8(12)14-5-2/h6H,4-5H2,1-3H3. The van der Waals surface area contributed by atoms with Crippen molar-refractivity contribution >= 4 is 11.9 Å². The number of azo groups is 1. The van der Waals surface area contributed by atoms with Crippen LogP contribution in [0.5, 0.6) is 0 Å². The van der Waals surface area contributed by atoms with Crippen LogP contribution >= 0.6 is 0 Å². The molecule has 0 heterocycles. The van der Waals surface area contributed by atoms with E-state index < -0.39 is 18.0 Å². The van der Waals surface area contributed by atoms with Gasteiger partial charge >= 0.3 is 11.9 Å². The van der Waals surface area contributed by atoms with Crippen molar-refractivity contribution in [2.24, 2.45) is 10.2 Å². The zero-order valence-electron chi connectivity index (χ0n) is 8.52. The monoisotopic (exact) mass is 202 g/mol. The van der Waals surface area contributed by atoms with Gasteiger partial charge in [-0.05, 0) is 13.8 Å². The number of ether oxygens (including phenoxy) is 2. The maximum atomic E-state index is 11.2. The minimum absolute atomic E-state index is 0.188. The van der Waals surface area contributed by atoms with Crippen LogP contribution in [0.1, 0.15) is 13.8 Å². The van der Waals surface area contributed by atoms with E-state index in [2.05, 4.69) is 19.7 Å². The second-order valence-electron chi connectivity index (χ2n) is 2.22. The number of carbonyl (C=O) groups excluding carboxylic acids is 2. The van der Waals surface area contributed by atoms with Crippen LogP contribution in [0.25, 0.3) is 0 Å². The minimum Gasteiger partial charge on any atom is -0.464 e. The lowest BCUT2D eigenvalue weighted by atomic mass is 10.3. The van der Waals surface area contributed by atoms with Gasteiger partial charge in [0, 0.05) is 7.05 Å². The van der Waals surface area contributed by atoms with Gasteiger partial charge in [0.25, 0.3) is 6.04 Å². The van der Waals surface area contributed by atoms with Crippen LogP contribution in [0, 0.1) is 0 Å². The Kier molecular flexibility index (Phi) is 6.26. The summed E-state index contributed by atoms with van der Waals surface area (Å²) in [6.45, 7) is 3.66. The molecule has 0 aliphatic carbocycles. The summed E-state index contributed by atoms with van der Waals surface area (Å²) in [4.78, 5) is 22.3. The van der Waals surface area contributed by atoms with Crippen molar-refractivity contribution in [2.75, 3.05) is 20.3 Å². The number of hydrogen-bond donors (Lipinski definition) is 0. The Morgan fingerprint density at radius 3 is 1.86 bits per heavy atom. The third-order valence-electron chi connectivity index (χ3n) is 1.25. The maximum Gasteiger partial charge on any atom is 0.344 e. The van der Waals surface area contributed by atoms with Crippen LogP contribution in [-0.2, 0) is 19.1 Å². The molecule has 0 aromatic rings. The molecule has 0 aliphatic heterocycles. The predicted molar refractivity (Wildman–Crippen MR) is 47.8 cm³/mol. The van der Waals surface area contributed by atoms with Crippen LogP contribution in [-0.4, -0.2) is 38.2 Å². The van der Waals surface area contributed by atoms with Crippen molar-refractivity contribution in [3.05, 3.63) is 0 Å². The second-order valence-corrected chi connectivity index (χ2v) is 2.22. The average molecular weight is 202 g/mol. The molecule has 0 saturated carbocycles. The molecule has 0 saturated heterocycles. The van der Waals surface area contributed by atoms with Crippen LogP contribution in [0.15, 0.2) is 10.2 Å². The molecule has 0 rings (SSSR count). The molecule has 80 valence electrons. The molecule has 6 heteroatoms. The van der Waals surface area contributed by atoms with Gasteiger partial charge in [-0.25, -0.2) is 9.59 Å². The largest absolute Gasteiger partial charge is 0.464 e. The topological polar surface area (TPSA) is 77.3 Å². The first-order chi connectivity index (χ1) is 6.67. The summed E-state index contributed by atoms with van der Waals surface area (Å²) in [5, 5.41) is 6.80. The number of esters is 2. The lowest BCUT2D eigenvalue weighted by Gasteiger charge is -2.08. The summed E-state index contributed by atoms with van der Waals surface area (Å²) >= 11 is 0. The van der Waals surface area contributed by atoms with E-state index >= 15 is 0 Å². The van der Waals surface area contributed by atoms with Gasteiger partial charge in [-0.2, -0.15) is 10.2 Å². The summed E-state index contributed by atoms with van der Waals surface area (Å²) in [5.41, 5.74) is 0. The van der Waals surface area contributed by atoms with Gasteiger partial charge in [0.2, 0.25) is 0 Å². The highest BCUT2D eigenvalue weighted by Gasteiger charge is 2.29. The van der Waals surface area contributed by atoms with E-state index in [1.54, 1.807) is 13.8 Å². The van der Waals surface area contributed by atoms with Crippen molar-refractivity contribution in [3.63, 3.8) is 0 Å². The lowest BCUT2D eigenvalue weighted by Crippen LogP contribution is -2.31. The highest BCUT2D eigenvalue weighted by molar-refractivity contribution is 5.99. The molecular weight excluding hydrogens is 188 g/mol. The van der Waals surface area contributed by atoms with Crippen molar-refractivity contribution in [2.45, 2.75) is 19.9 Å². The summed E-state index contributed by atoms with van der Waals surface area (Å²) in [5.74, 6) is -1.48. The average Bonchev–Trinajstić information content (AvgIpc) is 2.14. The summed E-state index contributed by atoms with van der Waals surface area (Å²) in [6.07, 6.45) is 0. The minimum atomic E-state index is -1.29. The molecule has 0 aromatic carbocycles. The molecule has 0 unspecified atom stereocenters. The highest BCUT2D eigenvalue weighted by atomic mass is 16.6. The van der Waals surface area contributed by atoms with E-state index in [4.69, 9.17) is 0 Å². The van der Waals surface area contributed by atoms with Crippen molar-refractivity contribution in [3.8, 4) is 0 Å². The Labute approximate surface area is 82.3 Å². The highest BCUT2D eigenvalue weighted by Crippen LogP contribution is 1.99. The molecule has 14 heavy (non-hydrogen) atoms. The van der Waals surface area contributed by atoms with E-state index in [1.165, 1.54) is 7.05 Å². The van der Waals surface area contributed by atoms with Gasteiger partial charge < -0.3 is 9.47 Å². The molecule has 0 aliphatic rings. The first-order valence-corrected chi connectivity index (χ1v) is 4.29. The van der Waals surface area contributed by atoms with E-state index in [0.717, 1.165) is 0 Å². The molecule has 0 bridgehead atoms. The summed E-state index contributed by atoms with van der Waals surface area (Å²) in [6, 6.07) is -1.29. The number of rotatable bonds is 5. The van der Waals surface area contributed by atoms with Gasteiger partial charge in [-0.1, -0.05) is 0 Å². The Morgan fingerprint density at radius 1 is 1.14 bits per heavy atom. The second kappa shape index (κ2) is 6.99. The molecule has 0 fully saturated rings. The Balaban J connectivity index is 4.42. The maximum absolute atomic E-state index is 11.2. The van der Waals surface area contributed by atoms with E-state index in [9.17, 15) is 9.59 Å². The van der Waals surface area contributed by atoms with Gasteiger partial charge in [0.15, 0.2) is 0 Å². The van der Waals surface area contributed by atoms with Crippen molar-refractivity contribution in [1.82, 2.24) is 0 Å². The Hall–Kier alpha value is -1.46. The van der Waals surface area contributed by atoms with Crippen LogP contribution in [0.4, 0.5) is 0 Å². The van der Waals surface area contributed by atoms with Crippen molar-refractivity contribution < 1.29 is 19.1 Å². The van der Waals surface area contributed by atoms with E-state index in [-0.39, 0.29) is 13.2 Å². The van der Waals surface area contributed by atoms with E-state index in [1.807, 2.05) is 0 Å². The number of hydrogen-bond acceptors (Lipinski definition) is 6.